The Hall–Kier alpha value is -3.78. The average molecular weight is 458 g/mol. The molecule has 34 heavy (non-hydrogen) atoms. The molecule has 3 heterocycles. The van der Waals surface area contributed by atoms with Gasteiger partial charge in [0.2, 0.25) is 0 Å². The number of fused-ring (bicyclic) bond motifs is 3. The van der Waals surface area contributed by atoms with Crippen molar-refractivity contribution in [2.75, 3.05) is 43.9 Å². The number of aromatic amines is 1. The maximum atomic E-state index is 13.1. The van der Waals surface area contributed by atoms with Crippen LogP contribution >= 0.6 is 0 Å². The second-order valence-corrected chi connectivity index (χ2v) is 8.80. The van der Waals surface area contributed by atoms with Crippen LogP contribution in [0.1, 0.15) is 35.8 Å². The minimum absolute atomic E-state index is 0.275. The molecule has 0 spiro atoms. The minimum atomic E-state index is -0.275. The molecule has 0 saturated carbocycles. The lowest BCUT2D eigenvalue weighted by atomic mass is 10.0. The highest BCUT2D eigenvalue weighted by molar-refractivity contribution is 6.11. The molecule has 4 bridgehead atoms. The highest BCUT2D eigenvalue weighted by atomic mass is 16.1. The topological polar surface area (TPSA) is 89.5 Å². The van der Waals surface area contributed by atoms with E-state index in [1.807, 2.05) is 43.7 Å². The number of aromatic nitrogens is 3. The van der Waals surface area contributed by atoms with Gasteiger partial charge in [0.25, 0.3) is 5.91 Å². The van der Waals surface area contributed by atoms with Crippen molar-refractivity contribution in [2.45, 2.75) is 19.8 Å². The molecule has 0 saturated heterocycles. The first kappa shape index (κ1) is 23.4. The van der Waals surface area contributed by atoms with Gasteiger partial charge in [0.1, 0.15) is 0 Å². The number of likely N-dealkylation sites (N-methyl/N-ethyl adjacent to an activating group) is 1. The number of carbonyl (C=O) groups excluding carboxylic acids is 1. The molecule has 0 radical (unpaired) electrons. The molecular weight excluding hydrogens is 426 g/mol. The van der Waals surface area contributed by atoms with Crippen molar-refractivity contribution in [1.82, 2.24) is 20.1 Å². The Morgan fingerprint density at radius 3 is 2.79 bits per heavy atom. The van der Waals surface area contributed by atoms with Gasteiger partial charge in [0.05, 0.1) is 29.3 Å². The molecule has 2 aromatic heterocycles. The lowest BCUT2D eigenvalue weighted by Gasteiger charge is -2.21. The summed E-state index contributed by atoms with van der Waals surface area (Å²) in [6.45, 7) is 8.36. The Labute approximate surface area is 200 Å². The SMILES string of the molecule is C=NC=C1/C=C(\C)c2ccc3[nH]nc(c3c2)C(=O)Nc2cncc(c2)N(C)CCCCN(C)C1. The van der Waals surface area contributed by atoms with Gasteiger partial charge in [-0.25, -0.2) is 0 Å². The second-order valence-electron chi connectivity index (χ2n) is 8.80. The first-order valence-electron chi connectivity index (χ1n) is 11.4. The molecule has 3 aromatic rings. The van der Waals surface area contributed by atoms with Gasteiger partial charge in [-0.1, -0.05) is 12.1 Å². The summed E-state index contributed by atoms with van der Waals surface area (Å²) in [6.07, 6.45) is 9.52. The number of allylic oxidation sites excluding steroid dienone is 1. The first-order chi connectivity index (χ1) is 16.4. The Kier molecular flexibility index (Phi) is 7.18. The fourth-order valence-corrected chi connectivity index (χ4v) is 4.18. The third-order valence-corrected chi connectivity index (χ3v) is 6.05. The number of rotatable bonds is 1. The van der Waals surface area contributed by atoms with Crippen molar-refractivity contribution >= 4 is 40.5 Å². The number of benzene rings is 1. The zero-order valence-electron chi connectivity index (χ0n) is 20.0. The summed E-state index contributed by atoms with van der Waals surface area (Å²) in [5, 5.41) is 11.0. The van der Waals surface area contributed by atoms with Gasteiger partial charge in [0.15, 0.2) is 5.69 Å². The van der Waals surface area contributed by atoms with Crippen LogP contribution in [0.3, 0.4) is 0 Å². The van der Waals surface area contributed by atoms with Gasteiger partial charge in [-0.3, -0.25) is 19.9 Å². The summed E-state index contributed by atoms with van der Waals surface area (Å²) in [6, 6.07) is 7.92. The van der Waals surface area contributed by atoms with E-state index in [2.05, 4.69) is 62.1 Å². The van der Waals surface area contributed by atoms with E-state index < -0.39 is 0 Å². The Bertz CT molecular complexity index is 1260. The predicted molar refractivity (Wildman–Crippen MR) is 140 cm³/mol. The number of amides is 1. The van der Waals surface area contributed by atoms with E-state index in [-0.39, 0.29) is 5.91 Å². The number of nitrogens with one attached hydrogen (secondary N) is 2. The van der Waals surface area contributed by atoms with Crippen LogP contribution in [0, 0.1) is 0 Å². The number of anilines is 2. The highest BCUT2D eigenvalue weighted by Gasteiger charge is 2.16. The van der Waals surface area contributed by atoms with E-state index in [0.29, 0.717) is 11.4 Å². The van der Waals surface area contributed by atoms with E-state index in [1.165, 1.54) is 0 Å². The first-order valence-corrected chi connectivity index (χ1v) is 11.4. The summed E-state index contributed by atoms with van der Waals surface area (Å²) in [4.78, 5) is 25.9. The second kappa shape index (κ2) is 10.4. The van der Waals surface area contributed by atoms with Crippen LogP contribution in [0.5, 0.6) is 0 Å². The van der Waals surface area contributed by atoms with E-state index in [4.69, 9.17) is 0 Å². The Morgan fingerprint density at radius 1 is 1.15 bits per heavy atom. The normalized spacial score (nSPS) is 19.3. The average Bonchev–Trinajstić information content (AvgIpc) is 3.25. The molecular formula is C26H31N7O. The molecule has 0 atom stereocenters. The van der Waals surface area contributed by atoms with E-state index in [0.717, 1.165) is 65.8 Å². The minimum Gasteiger partial charge on any atom is -0.373 e. The largest absolute Gasteiger partial charge is 0.373 e. The molecule has 8 nitrogen and oxygen atoms in total. The van der Waals surface area contributed by atoms with Crippen molar-refractivity contribution in [2.24, 2.45) is 4.99 Å². The third-order valence-electron chi connectivity index (χ3n) is 6.05. The van der Waals surface area contributed by atoms with Crippen molar-refractivity contribution in [1.29, 1.82) is 0 Å². The number of carbonyl (C=O) groups is 1. The third kappa shape index (κ3) is 5.40. The van der Waals surface area contributed by atoms with Gasteiger partial charge in [0, 0.05) is 31.7 Å². The molecule has 0 unspecified atom stereocenters. The van der Waals surface area contributed by atoms with Gasteiger partial charge < -0.3 is 15.1 Å². The number of pyridine rings is 1. The summed E-state index contributed by atoms with van der Waals surface area (Å²) >= 11 is 0. The van der Waals surface area contributed by atoms with Crippen LogP contribution in [-0.2, 0) is 0 Å². The number of H-pyrrole nitrogens is 1. The van der Waals surface area contributed by atoms with E-state index >= 15 is 0 Å². The van der Waals surface area contributed by atoms with E-state index in [1.54, 1.807) is 6.20 Å². The van der Waals surface area contributed by atoms with Crippen LogP contribution in [-0.4, -0.2) is 66.4 Å². The quantitative estimate of drug-likeness (QED) is 0.530. The van der Waals surface area contributed by atoms with Crippen LogP contribution in [0.15, 0.2) is 59.5 Å². The smallest absolute Gasteiger partial charge is 0.276 e. The zero-order valence-corrected chi connectivity index (χ0v) is 20.0. The van der Waals surface area contributed by atoms with Gasteiger partial charge >= 0.3 is 0 Å². The summed E-state index contributed by atoms with van der Waals surface area (Å²) in [5.74, 6) is -0.275. The summed E-state index contributed by atoms with van der Waals surface area (Å²) < 4.78 is 0. The highest BCUT2D eigenvalue weighted by Crippen LogP contribution is 2.25. The van der Waals surface area contributed by atoms with Crippen LogP contribution in [0.25, 0.3) is 16.5 Å². The molecule has 1 aliphatic heterocycles. The Balaban J connectivity index is 1.74. The van der Waals surface area contributed by atoms with Crippen LogP contribution < -0.4 is 10.2 Å². The lowest BCUT2D eigenvalue weighted by molar-refractivity contribution is 0.102. The number of aliphatic imine (C=N–C) groups is 1. The predicted octanol–water partition coefficient (Wildman–Crippen LogP) is 4.36. The molecule has 8 heteroatoms. The maximum Gasteiger partial charge on any atom is 0.276 e. The number of hydrogen-bond donors (Lipinski definition) is 2. The molecule has 1 aliphatic rings. The van der Waals surface area contributed by atoms with Crippen molar-refractivity contribution in [3.8, 4) is 0 Å². The molecule has 1 amide bonds. The summed E-state index contributed by atoms with van der Waals surface area (Å²) in [7, 11) is 4.17. The van der Waals surface area contributed by atoms with Crippen molar-refractivity contribution in [3.63, 3.8) is 0 Å². The Morgan fingerprint density at radius 2 is 1.97 bits per heavy atom. The van der Waals surface area contributed by atoms with Crippen LogP contribution in [0.4, 0.5) is 11.4 Å². The molecule has 0 fully saturated rings. The molecule has 4 rings (SSSR count). The number of nitrogens with zero attached hydrogens (tertiary/aromatic N) is 5. The molecule has 176 valence electrons. The van der Waals surface area contributed by atoms with Crippen molar-refractivity contribution < 1.29 is 4.79 Å². The standard InChI is InChI=1S/C26H31N7O/c1-18-11-19(14-27-2)17-32(3)9-5-6-10-33(4)22-13-21(15-28-16-22)29-26(34)25-23-12-20(18)7-8-24(23)30-31-25/h7-8,11-16H,2,5-6,9-10,17H2,1,3-4H3,(H,29,34)(H,30,31)/b18-11+,19-14?. The molecule has 0 aliphatic carbocycles. The summed E-state index contributed by atoms with van der Waals surface area (Å²) in [5.41, 5.74) is 5.94. The van der Waals surface area contributed by atoms with E-state index in [9.17, 15) is 4.79 Å². The molecule has 1 aromatic carbocycles. The lowest BCUT2D eigenvalue weighted by Crippen LogP contribution is -2.24. The maximum absolute atomic E-state index is 13.1. The van der Waals surface area contributed by atoms with Gasteiger partial charge in [-0.2, -0.15) is 5.10 Å². The zero-order chi connectivity index (χ0) is 24.1. The van der Waals surface area contributed by atoms with Crippen LogP contribution in [0.2, 0.25) is 0 Å². The van der Waals surface area contributed by atoms with Gasteiger partial charge in [-0.15, -0.1) is 0 Å². The monoisotopic (exact) mass is 457 g/mol. The van der Waals surface area contributed by atoms with Crippen molar-refractivity contribution in [3.05, 3.63) is 65.8 Å². The number of hydrogen-bond acceptors (Lipinski definition) is 6. The fraction of sp³-hybridized carbons (Fsp3) is 0.308. The fourth-order valence-electron chi connectivity index (χ4n) is 4.18. The van der Waals surface area contributed by atoms with Gasteiger partial charge in [-0.05, 0) is 75.0 Å². The molecule has 2 N–H and O–H groups in total.